The van der Waals surface area contributed by atoms with Crippen LogP contribution in [0.4, 0.5) is 4.39 Å². The Kier molecular flexibility index (Phi) is 8.09. The highest BCUT2D eigenvalue weighted by Crippen LogP contribution is 2.22. The summed E-state index contributed by atoms with van der Waals surface area (Å²) in [6, 6.07) is 9.65. The second kappa shape index (κ2) is 10.5. The lowest BCUT2D eigenvalue weighted by Gasteiger charge is -2.18. The van der Waals surface area contributed by atoms with Gasteiger partial charge < -0.3 is 10.3 Å². The maximum atomic E-state index is 13.3. The number of carbonyl (C=O) groups is 2. The van der Waals surface area contributed by atoms with Crippen LogP contribution in [0.2, 0.25) is 0 Å². The van der Waals surface area contributed by atoms with Gasteiger partial charge in [-0.3, -0.25) is 4.79 Å². The van der Waals surface area contributed by atoms with Gasteiger partial charge in [0.2, 0.25) is 10.0 Å². The van der Waals surface area contributed by atoms with E-state index in [0.717, 1.165) is 17.7 Å². The van der Waals surface area contributed by atoms with Gasteiger partial charge >= 0.3 is 11.7 Å². The van der Waals surface area contributed by atoms with Crippen LogP contribution in [0.5, 0.6) is 0 Å². The number of aryl methyl sites for hydroxylation is 1. The van der Waals surface area contributed by atoms with Crippen LogP contribution >= 0.6 is 0 Å². The SMILES string of the molecule is C=CCOC(=O)C(=[N+]=[N-])C(=O)C[C@@H](NS(=O)(=O)c1ccc(C)cc1)c1ccc(F)cc1. The van der Waals surface area contributed by atoms with Crippen molar-refractivity contribution in [1.29, 1.82) is 0 Å². The lowest BCUT2D eigenvalue weighted by atomic mass is 10.0. The van der Waals surface area contributed by atoms with Crippen molar-refractivity contribution in [2.45, 2.75) is 24.3 Å². The maximum Gasteiger partial charge on any atom is 0.441 e. The number of ether oxygens (including phenoxy) is 1. The van der Waals surface area contributed by atoms with Crippen LogP contribution in [0.3, 0.4) is 0 Å². The quantitative estimate of drug-likeness (QED) is 0.150. The standard InChI is InChI=1S/C21H20FN3O5S/c1-3-12-30-21(27)20(24-23)19(26)13-18(15-6-8-16(22)9-7-15)25-31(28,29)17-10-4-14(2)5-11-17/h3-11,18,25H,1,12-13H2,2H3/t18-/m1/s1. The number of nitrogens with one attached hydrogen (secondary N) is 1. The molecule has 0 amide bonds. The normalized spacial score (nSPS) is 11.8. The lowest BCUT2D eigenvalue weighted by Crippen LogP contribution is -2.34. The van der Waals surface area contributed by atoms with E-state index in [-0.39, 0.29) is 17.1 Å². The molecule has 0 aromatic heterocycles. The summed E-state index contributed by atoms with van der Waals surface area (Å²) in [4.78, 5) is 27.1. The Morgan fingerprint density at radius 2 is 1.81 bits per heavy atom. The van der Waals surface area contributed by atoms with E-state index >= 15 is 0 Å². The Labute approximate surface area is 179 Å². The van der Waals surface area contributed by atoms with Crippen molar-refractivity contribution in [3.8, 4) is 0 Å². The molecule has 10 heteroatoms. The van der Waals surface area contributed by atoms with Gasteiger partial charge in [-0.2, -0.15) is 4.79 Å². The largest absolute Gasteiger partial charge is 0.453 e. The first-order valence-electron chi connectivity index (χ1n) is 9.05. The monoisotopic (exact) mass is 445 g/mol. The predicted molar refractivity (Wildman–Crippen MR) is 110 cm³/mol. The molecule has 0 aliphatic heterocycles. The number of Topliss-reactive ketones (excluding diaryl/α,β-unsaturated/α-hetero) is 1. The summed E-state index contributed by atoms with van der Waals surface area (Å²) in [6.45, 7) is 4.94. The Morgan fingerprint density at radius 3 is 2.35 bits per heavy atom. The molecule has 2 aromatic carbocycles. The molecular formula is C21H20FN3O5S. The zero-order chi connectivity index (χ0) is 23.0. The van der Waals surface area contributed by atoms with E-state index in [1.165, 1.54) is 30.3 Å². The number of carbonyl (C=O) groups excluding carboxylic acids is 2. The number of halogens is 1. The Hall–Kier alpha value is -3.46. The van der Waals surface area contributed by atoms with Crippen molar-refractivity contribution in [2.75, 3.05) is 6.61 Å². The molecule has 1 N–H and O–H groups in total. The molecule has 0 bridgehead atoms. The highest BCUT2D eigenvalue weighted by Gasteiger charge is 2.34. The minimum absolute atomic E-state index is 0.0425. The Bertz CT molecular complexity index is 1120. The first-order chi connectivity index (χ1) is 14.7. The van der Waals surface area contributed by atoms with Crippen molar-refractivity contribution in [1.82, 2.24) is 4.72 Å². The summed E-state index contributed by atoms with van der Waals surface area (Å²) < 4.78 is 46.0. The molecule has 0 heterocycles. The number of hydrogen-bond donors (Lipinski definition) is 1. The molecule has 31 heavy (non-hydrogen) atoms. The van der Waals surface area contributed by atoms with E-state index in [1.54, 1.807) is 19.1 Å². The number of rotatable bonds is 10. The van der Waals surface area contributed by atoms with Gasteiger partial charge in [0, 0.05) is 6.42 Å². The van der Waals surface area contributed by atoms with Crippen LogP contribution in [0.1, 0.15) is 23.6 Å². The lowest BCUT2D eigenvalue weighted by molar-refractivity contribution is -0.141. The van der Waals surface area contributed by atoms with E-state index in [9.17, 15) is 22.4 Å². The van der Waals surface area contributed by atoms with Crippen molar-refractivity contribution in [2.24, 2.45) is 0 Å². The van der Waals surface area contributed by atoms with Crippen molar-refractivity contribution in [3.63, 3.8) is 0 Å². The summed E-state index contributed by atoms with van der Waals surface area (Å²) >= 11 is 0. The number of ketones is 1. The molecule has 162 valence electrons. The topological polar surface area (TPSA) is 126 Å². The molecule has 0 aliphatic rings. The molecule has 0 spiro atoms. The van der Waals surface area contributed by atoms with E-state index in [0.29, 0.717) is 0 Å². The molecule has 0 aliphatic carbocycles. The van der Waals surface area contributed by atoms with Gasteiger partial charge in [0.15, 0.2) is 0 Å². The number of esters is 1. The van der Waals surface area contributed by atoms with E-state index in [1.807, 2.05) is 0 Å². The molecule has 0 radical (unpaired) electrons. The fourth-order valence-corrected chi connectivity index (χ4v) is 3.82. The average Bonchev–Trinajstić information content (AvgIpc) is 2.73. The van der Waals surface area contributed by atoms with Gasteiger partial charge in [-0.05, 0) is 36.8 Å². The summed E-state index contributed by atoms with van der Waals surface area (Å²) in [5, 5.41) is 0. The Morgan fingerprint density at radius 1 is 1.19 bits per heavy atom. The molecule has 2 aromatic rings. The predicted octanol–water partition coefficient (Wildman–Crippen LogP) is 2.51. The third-order valence-electron chi connectivity index (χ3n) is 4.18. The molecule has 2 rings (SSSR count). The van der Waals surface area contributed by atoms with Gasteiger partial charge in [-0.1, -0.05) is 42.5 Å². The van der Waals surface area contributed by atoms with Crippen LogP contribution < -0.4 is 4.72 Å². The number of benzene rings is 2. The molecule has 0 saturated heterocycles. The second-order valence-corrected chi connectivity index (χ2v) is 8.22. The average molecular weight is 445 g/mol. The fourth-order valence-electron chi connectivity index (χ4n) is 2.59. The van der Waals surface area contributed by atoms with Crippen LogP contribution in [0.25, 0.3) is 5.53 Å². The fraction of sp³-hybridized carbons (Fsp3) is 0.190. The highest BCUT2D eigenvalue weighted by atomic mass is 32.2. The van der Waals surface area contributed by atoms with Crippen molar-refractivity contribution < 1.29 is 31.9 Å². The third kappa shape index (κ3) is 6.51. The van der Waals surface area contributed by atoms with Crippen molar-refractivity contribution >= 4 is 27.5 Å². The Balaban J connectivity index is 2.35. The van der Waals surface area contributed by atoms with E-state index in [4.69, 9.17) is 10.3 Å². The molecule has 8 nitrogen and oxygen atoms in total. The first kappa shape index (κ1) is 23.8. The minimum atomic E-state index is -4.07. The zero-order valence-electron chi connectivity index (χ0n) is 16.6. The molecule has 0 saturated carbocycles. The highest BCUT2D eigenvalue weighted by molar-refractivity contribution is 7.89. The number of sulfonamides is 1. The third-order valence-corrected chi connectivity index (χ3v) is 5.67. The van der Waals surface area contributed by atoms with E-state index < -0.39 is 45.8 Å². The smallest absolute Gasteiger partial charge is 0.441 e. The summed E-state index contributed by atoms with van der Waals surface area (Å²) in [5.74, 6) is -2.72. The van der Waals surface area contributed by atoms with Gasteiger partial charge in [-0.25, -0.2) is 22.3 Å². The first-order valence-corrected chi connectivity index (χ1v) is 10.5. The zero-order valence-corrected chi connectivity index (χ0v) is 17.4. The van der Waals surface area contributed by atoms with Gasteiger partial charge in [0.25, 0.3) is 5.78 Å². The summed E-state index contributed by atoms with van der Waals surface area (Å²) in [7, 11) is -4.07. The van der Waals surface area contributed by atoms with Gasteiger partial charge in [0.05, 0.1) is 10.9 Å². The van der Waals surface area contributed by atoms with Crippen LogP contribution in [-0.2, 0) is 24.3 Å². The van der Waals surface area contributed by atoms with Crippen LogP contribution in [-0.4, -0.2) is 37.3 Å². The van der Waals surface area contributed by atoms with Gasteiger partial charge in [0.1, 0.15) is 12.4 Å². The maximum absolute atomic E-state index is 13.3. The van der Waals surface area contributed by atoms with Crippen molar-refractivity contribution in [3.05, 3.63) is 83.7 Å². The molecule has 1 atom stereocenters. The number of nitrogens with zero attached hydrogens (tertiary/aromatic N) is 2. The van der Waals surface area contributed by atoms with Crippen LogP contribution in [0.15, 0.2) is 66.1 Å². The second-order valence-electron chi connectivity index (χ2n) is 6.50. The van der Waals surface area contributed by atoms with Gasteiger partial charge in [-0.15, -0.1) is 0 Å². The summed E-state index contributed by atoms with van der Waals surface area (Å²) in [6.07, 6.45) is 0.674. The van der Waals surface area contributed by atoms with E-state index in [2.05, 4.69) is 16.1 Å². The minimum Gasteiger partial charge on any atom is -0.453 e. The molecule has 0 fully saturated rings. The van der Waals surface area contributed by atoms with Crippen LogP contribution in [0, 0.1) is 12.7 Å². The summed E-state index contributed by atoms with van der Waals surface area (Å²) in [5.41, 5.74) is 9.29. The number of hydrogen-bond acceptors (Lipinski definition) is 5. The molecular weight excluding hydrogens is 425 g/mol. The molecule has 0 unspecified atom stereocenters.